The molecular formula is C19H24N4O2. The van der Waals surface area contributed by atoms with Crippen molar-refractivity contribution >= 4 is 6.03 Å². The molecule has 2 unspecified atom stereocenters. The van der Waals surface area contributed by atoms with Crippen LogP contribution in [0.3, 0.4) is 0 Å². The first kappa shape index (κ1) is 17.4. The second-order valence-corrected chi connectivity index (χ2v) is 6.41. The van der Waals surface area contributed by atoms with Crippen LogP contribution in [0.1, 0.15) is 42.4 Å². The highest BCUT2D eigenvalue weighted by atomic mass is 16.3. The molecule has 25 heavy (non-hydrogen) atoms. The van der Waals surface area contributed by atoms with Crippen LogP contribution in [-0.2, 0) is 6.54 Å². The number of nitrogens with zero attached hydrogens (tertiary/aromatic N) is 3. The summed E-state index contributed by atoms with van der Waals surface area (Å²) in [6, 6.07) is 11.4. The second-order valence-electron chi connectivity index (χ2n) is 6.41. The fraction of sp³-hybridized carbons (Fsp3) is 0.421. The van der Waals surface area contributed by atoms with Gasteiger partial charge in [0.15, 0.2) is 0 Å². The predicted molar refractivity (Wildman–Crippen MR) is 94.8 cm³/mol. The smallest absolute Gasteiger partial charge is 0.317 e. The number of aromatic nitrogens is 2. The second kappa shape index (κ2) is 8.07. The molecule has 1 aliphatic heterocycles. The van der Waals surface area contributed by atoms with Crippen molar-refractivity contribution in [3.8, 4) is 0 Å². The summed E-state index contributed by atoms with van der Waals surface area (Å²) in [5, 5.41) is 13.4. The molecule has 3 rings (SSSR count). The Morgan fingerprint density at radius 2 is 2.16 bits per heavy atom. The lowest BCUT2D eigenvalue weighted by Crippen LogP contribution is -2.43. The number of carbonyl (C=O) groups excluding carboxylic acids is 1. The van der Waals surface area contributed by atoms with E-state index in [4.69, 9.17) is 0 Å². The van der Waals surface area contributed by atoms with Gasteiger partial charge in [-0.15, -0.1) is 0 Å². The van der Waals surface area contributed by atoms with Gasteiger partial charge in [0.2, 0.25) is 0 Å². The zero-order valence-corrected chi connectivity index (χ0v) is 14.4. The maximum atomic E-state index is 12.5. The molecule has 0 bridgehead atoms. The van der Waals surface area contributed by atoms with E-state index in [2.05, 4.69) is 15.3 Å². The maximum absolute atomic E-state index is 12.5. The van der Waals surface area contributed by atoms with E-state index in [1.165, 1.54) is 0 Å². The van der Waals surface area contributed by atoms with Crippen molar-refractivity contribution in [3.63, 3.8) is 0 Å². The molecule has 6 nitrogen and oxygen atoms in total. The van der Waals surface area contributed by atoms with Gasteiger partial charge in [0.1, 0.15) is 5.82 Å². The molecule has 1 aromatic carbocycles. The molecule has 132 valence electrons. The van der Waals surface area contributed by atoms with E-state index in [0.717, 1.165) is 30.6 Å². The van der Waals surface area contributed by atoms with Gasteiger partial charge >= 0.3 is 6.03 Å². The van der Waals surface area contributed by atoms with E-state index in [9.17, 15) is 9.90 Å². The number of amides is 2. The molecule has 2 amide bonds. The number of aryl methyl sites for hydroxylation is 1. The van der Waals surface area contributed by atoms with Crippen LogP contribution in [0.2, 0.25) is 0 Å². The van der Waals surface area contributed by atoms with Crippen LogP contribution >= 0.6 is 0 Å². The summed E-state index contributed by atoms with van der Waals surface area (Å²) >= 11 is 0. The molecule has 1 aromatic heterocycles. The van der Waals surface area contributed by atoms with Crippen LogP contribution in [0.15, 0.2) is 42.6 Å². The molecule has 2 aromatic rings. The molecule has 2 atom stereocenters. The summed E-state index contributed by atoms with van der Waals surface area (Å²) in [5.74, 6) is 0.691. The number of rotatable bonds is 5. The lowest BCUT2D eigenvalue weighted by atomic mass is 10.0. The minimum Gasteiger partial charge on any atom is -0.388 e. The van der Waals surface area contributed by atoms with E-state index >= 15 is 0 Å². The number of carbonyl (C=O) groups is 1. The summed E-state index contributed by atoms with van der Waals surface area (Å²) in [7, 11) is 0. The van der Waals surface area contributed by atoms with Gasteiger partial charge in [-0.1, -0.05) is 30.3 Å². The molecule has 1 fully saturated rings. The summed E-state index contributed by atoms with van der Waals surface area (Å²) in [4.78, 5) is 22.7. The Kier molecular flexibility index (Phi) is 5.60. The van der Waals surface area contributed by atoms with Crippen molar-refractivity contribution in [2.45, 2.75) is 44.9 Å². The van der Waals surface area contributed by atoms with Crippen molar-refractivity contribution in [1.82, 2.24) is 20.2 Å². The van der Waals surface area contributed by atoms with E-state index < -0.39 is 6.10 Å². The highest BCUT2D eigenvalue weighted by molar-refractivity contribution is 5.74. The predicted octanol–water partition coefficient (Wildman–Crippen LogP) is 2.58. The minimum absolute atomic E-state index is 0.0577. The number of hydrogen-bond donors (Lipinski definition) is 2. The Morgan fingerprint density at radius 3 is 2.92 bits per heavy atom. The topological polar surface area (TPSA) is 78.4 Å². The Balaban J connectivity index is 1.56. The van der Waals surface area contributed by atoms with Gasteiger partial charge in [0, 0.05) is 18.8 Å². The fourth-order valence-electron chi connectivity index (χ4n) is 3.29. The Bertz CT molecular complexity index is 708. The molecule has 0 saturated carbocycles. The Morgan fingerprint density at radius 1 is 1.36 bits per heavy atom. The van der Waals surface area contributed by atoms with Crippen LogP contribution < -0.4 is 5.32 Å². The van der Waals surface area contributed by atoms with Gasteiger partial charge in [0.05, 0.1) is 18.3 Å². The highest BCUT2D eigenvalue weighted by Gasteiger charge is 2.30. The lowest BCUT2D eigenvalue weighted by Gasteiger charge is -2.27. The van der Waals surface area contributed by atoms with Gasteiger partial charge in [-0.2, -0.15) is 0 Å². The molecule has 0 radical (unpaired) electrons. The molecule has 0 spiro atoms. The molecule has 1 saturated heterocycles. The monoisotopic (exact) mass is 340 g/mol. The zero-order chi connectivity index (χ0) is 17.6. The van der Waals surface area contributed by atoms with E-state index in [1.807, 2.05) is 42.2 Å². The summed E-state index contributed by atoms with van der Waals surface area (Å²) < 4.78 is 0. The normalized spacial score (nSPS) is 18.2. The molecule has 1 aliphatic rings. The lowest BCUT2D eigenvalue weighted by molar-refractivity contribution is 0.126. The number of urea groups is 1. The zero-order valence-electron chi connectivity index (χ0n) is 14.4. The van der Waals surface area contributed by atoms with Gasteiger partial charge in [0.25, 0.3) is 0 Å². The Labute approximate surface area is 147 Å². The molecule has 2 heterocycles. The third-order valence-electron chi connectivity index (χ3n) is 4.57. The average Bonchev–Trinajstić information content (AvgIpc) is 3.08. The summed E-state index contributed by atoms with van der Waals surface area (Å²) in [6.07, 6.45) is 3.59. The maximum Gasteiger partial charge on any atom is 0.317 e. The third-order valence-corrected chi connectivity index (χ3v) is 4.57. The largest absolute Gasteiger partial charge is 0.388 e. The van der Waals surface area contributed by atoms with Crippen LogP contribution in [0.25, 0.3) is 0 Å². The van der Waals surface area contributed by atoms with Crippen LogP contribution in [0.4, 0.5) is 4.79 Å². The van der Waals surface area contributed by atoms with Crippen molar-refractivity contribution in [3.05, 3.63) is 59.7 Å². The summed E-state index contributed by atoms with van der Waals surface area (Å²) in [6.45, 7) is 2.93. The summed E-state index contributed by atoms with van der Waals surface area (Å²) in [5.41, 5.74) is 1.69. The van der Waals surface area contributed by atoms with Crippen molar-refractivity contribution < 1.29 is 9.90 Å². The SMILES string of the molecule is Cc1nccc(CNC(=O)N2CCCC2CC(O)c2ccccc2)n1. The van der Waals surface area contributed by atoms with Crippen LogP contribution in [-0.4, -0.2) is 38.6 Å². The number of benzene rings is 1. The molecule has 2 N–H and O–H groups in total. The van der Waals surface area contributed by atoms with E-state index in [-0.39, 0.29) is 12.1 Å². The van der Waals surface area contributed by atoms with Gasteiger partial charge in [-0.3, -0.25) is 0 Å². The first-order chi connectivity index (χ1) is 12.1. The van der Waals surface area contributed by atoms with Gasteiger partial charge < -0.3 is 15.3 Å². The minimum atomic E-state index is -0.552. The number of nitrogens with one attached hydrogen (secondary N) is 1. The quantitative estimate of drug-likeness (QED) is 0.877. The number of hydrogen-bond acceptors (Lipinski definition) is 4. The fourth-order valence-corrected chi connectivity index (χ4v) is 3.29. The molecular weight excluding hydrogens is 316 g/mol. The van der Waals surface area contributed by atoms with Crippen LogP contribution in [0, 0.1) is 6.92 Å². The average molecular weight is 340 g/mol. The standard InChI is InChI=1S/C19H24N4O2/c1-14-20-10-9-16(22-14)13-21-19(25)23-11-5-8-17(23)12-18(24)15-6-3-2-4-7-15/h2-4,6-7,9-10,17-18,24H,5,8,11-13H2,1H3,(H,21,25). The van der Waals surface area contributed by atoms with E-state index in [1.54, 1.807) is 12.3 Å². The molecule has 6 heteroatoms. The van der Waals surface area contributed by atoms with Crippen molar-refractivity contribution in [2.24, 2.45) is 0 Å². The Hall–Kier alpha value is -2.47. The third kappa shape index (κ3) is 4.54. The number of likely N-dealkylation sites (tertiary alicyclic amines) is 1. The first-order valence-electron chi connectivity index (χ1n) is 8.69. The molecule has 0 aliphatic carbocycles. The van der Waals surface area contributed by atoms with E-state index in [0.29, 0.717) is 18.8 Å². The number of aliphatic hydroxyl groups excluding tert-OH is 1. The van der Waals surface area contributed by atoms with Crippen molar-refractivity contribution in [1.29, 1.82) is 0 Å². The highest BCUT2D eigenvalue weighted by Crippen LogP contribution is 2.27. The van der Waals surface area contributed by atoms with Crippen LogP contribution in [0.5, 0.6) is 0 Å². The first-order valence-corrected chi connectivity index (χ1v) is 8.69. The van der Waals surface area contributed by atoms with Crippen molar-refractivity contribution in [2.75, 3.05) is 6.54 Å². The van der Waals surface area contributed by atoms with Gasteiger partial charge in [-0.05, 0) is 37.8 Å². The van der Waals surface area contributed by atoms with Gasteiger partial charge in [-0.25, -0.2) is 14.8 Å². The number of aliphatic hydroxyl groups is 1.